The lowest BCUT2D eigenvalue weighted by molar-refractivity contribution is -0.160. The van der Waals surface area contributed by atoms with E-state index in [1.807, 2.05) is 125 Å². The zero-order valence-electron chi connectivity index (χ0n) is 52.9. The molecule has 0 bridgehead atoms. The number of esters is 2. The Morgan fingerprint density at radius 2 is 0.977 bits per heavy atom. The smallest absolute Gasteiger partial charge is 0.407 e. The van der Waals surface area contributed by atoms with Crippen LogP contribution < -0.4 is 16.0 Å². The number of fused-ring (bicyclic) bond motifs is 3. The summed E-state index contributed by atoms with van der Waals surface area (Å²) >= 11 is 7.00. The molecule has 0 heterocycles. The molecule has 0 saturated carbocycles. The van der Waals surface area contributed by atoms with Crippen molar-refractivity contribution >= 4 is 41.4 Å². The van der Waals surface area contributed by atoms with E-state index in [0.717, 1.165) is 50.5 Å². The van der Waals surface area contributed by atoms with Crippen LogP contribution in [0.4, 0.5) is 9.59 Å². The SMILES string of the molecule is Cc1ccc(C(OC(=O)[C@H](CCNC(=O)NCCCOCCOCCOCCCNC(=O)OCC2c3ccccc3-c3ccccc32)CC(=O)CCCCCCCCCCCCCCCCC(=O)OC(C)(C)C)(c2ccccc2)c2ccccc2Cl)cc1. The van der Waals surface area contributed by atoms with Crippen LogP contribution in [0.25, 0.3) is 11.1 Å². The number of aryl methyl sites for hydroxylation is 1. The van der Waals surface area contributed by atoms with E-state index in [0.29, 0.717) is 100 Å². The number of rotatable bonds is 43. The van der Waals surface area contributed by atoms with Crippen molar-refractivity contribution in [2.45, 2.75) is 173 Å². The first-order chi connectivity index (χ1) is 42.7. The van der Waals surface area contributed by atoms with Gasteiger partial charge in [-0.15, -0.1) is 0 Å². The molecule has 15 heteroatoms. The number of amides is 3. The van der Waals surface area contributed by atoms with Crippen molar-refractivity contribution in [1.82, 2.24) is 16.0 Å². The quantitative estimate of drug-likeness (QED) is 0.0146. The predicted molar refractivity (Wildman–Crippen MR) is 349 cm³/mol. The molecule has 1 aliphatic carbocycles. The largest absolute Gasteiger partial charge is 0.460 e. The van der Waals surface area contributed by atoms with Crippen LogP contribution in [0.2, 0.25) is 5.02 Å². The van der Waals surface area contributed by atoms with Crippen molar-refractivity contribution in [3.05, 3.63) is 166 Å². The van der Waals surface area contributed by atoms with Crippen molar-refractivity contribution < 1.29 is 52.4 Å². The number of hydrogen-bond donors (Lipinski definition) is 3. The first kappa shape index (κ1) is 70.5. The molecule has 6 rings (SSSR count). The highest BCUT2D eigenvalue weighted by molar-refractivity contribution is 6.31. The van der Waals surface area contributed by atoms with E-state index in [9.17, 15) is 24.0 Å². The summed E-state index contributed by atoms with van der Waals surface area (Å²) in [4.78, 5) is 66.1. The summed E-state index contributed by atoms with van der Waals surface area (Å²) in [6.45, 7) is 11.4. The second kappa shape index (κ2) is 39.4. The third-order valence-electron chi connectivity index (χ3n) is 15.8. The van der Waals surface area contributed by atoms with Gasteiger partial charge in [0.25, 0.3) is 0 Å². The maximum absolute atomic E-state index is 14.9. The Morgan fingerprint density at radius 3 is 1.55 bits per heavy atom. The molecule has 1 unspecified atom stereocenters. The Morgan fingerprint density at radius 1 is 0.500 bits per heavy atom. The maximum Gasteiger partial charge on any atom is 0.407 e. The number of ketones is 1. The second-order valence-corrected chi connectivity index (χ2v) is 24.5. The highest BCUT2D eigenvalue weighted by atomic mass is 35.5. The molecule has 0 saturated heterocycles. The van der Waals surface area contributed by atoms with Gasteiger partial charge in [-0.1, -0.05) is 216 Å². The summed E-state index contributed by atoms with van der Waals surface area (Å²) in [7, 11) is 0. The summed E-state index contributed by atoms with van der Waals surface area (Å²) in [6.07, 6.45) is 17.4. The molecule has 478 valence electrons. The van der Waals surface area contributed by atoms with E-state index < -0.39 is 29.2 Å². The fourth-order valence-electron chi connectivity index (χ4n) is 11.2. The van der Waals surface area contributed by atoms with Gasteiger partial charge in [0, 0.05) is 79.7 Å². The van der Waals surface area contributed by atoms with Crippen LogP contribution in [0, 0.1) is 12.8 Å². The first-order valence-corrected chi connectivity index (χ1v) is 32.8. The number of urea groups is 1. The zero-order valence-corrected chi connectivity index (χ0v) is 53.6. The van der Waals surface area contributed by atoms with Gasteiger partial charge in [-0.25, -0.2) is 9.59 Å². The average molecular weight is 1230 g/mol. The van der Waals surface area contributed by atoms with Gasteiger partial charge >= 0.3 is 24.1 Å². The van der Waals surface area contributed by atoms with Gasteiger partial charge in [0.15, 0.2) is 5.60 Å². The highest BCUT2D eigenvalue weighted by Gasteiger charge is 2.44. The molecular weight excluding hydrogens is 1130 g/mol. The molecule has 0 fully saturated rings. The first-order valence-electron chi connectivity index (χ1n) is 32.4. The Labute approximate surface area is 529 Å². The lowest BCUT2D eigenvalue weighted by atomic mass is 9.79. The normalized spacial score (nSPS) is 13.0. The molecule has 0 aromatic heterocycles. The average Bonchev–Trinajstić information content (AvgIpc) is 1.24. The minimum atomic E-state index is -1.44. The van der Waals surface area contributed by atoms with Crippen LogP contribution >= 0.6 is 11.6 Å². The van der Waals surface area contributed by atoms with Crippen molar-refractivity contribution in [3.63, 3.8) is 0 Å². The van der Waals surface area contributed by atoms with Crippen molar-refractivity contribution in [3.8, 4) is 11.1 Å². The number of benzene rings is 5. The van der Waals surface area contributed by atoms with Gasteiger partial charge in [-0.3, -0.25) is 14.4 Å². The van der Waals surface area contributed by atoms with Crippen molar-refractivity contribution in [2.24, 2.45) is 5.92 Å². The highest BCUT2D eigenvalue weighted by Crippen LogP contribution is 2.46. The van der Waals surface area contributed by atoms with Crippen LogP contribution in [-0.4, -0.2) is 101 Å². The van der Waals surface area contributed by atoms with Gasteiger partial charge < -0.3 is 44.4 Å². The number of alkyl carbamates (subject to hydrolysis) is 1. The molecule has 3 amide bonds. The Balaban J connectivity index is 0.854. The summed E-state index contributed by atoms with van der Waals surface area (Å²) < 4.78 is 34.9. The molecule has 0 radical (unpaired) electrons. The lowest BCUT2D eigenvalue weighted by Gasteiger charge is -2.37. The minimum absolute atomic E-state index is 0.0126. The number of nitrogens with one attached hydrogen (secondary N) is 3. The molecule has 88 heavy (non-hydrogen) atoms. The number of unbranched alkanes of at least 4 members (excludes halogenated alkanes) is 13. The summed E-state index contributed by atoms with van der Waals surface area (Å²) in [5, 5.41) is 9.01. The van der Waals surface area contributed by atoms with E-state index in [-0.39, 0.29) is 49.7 Å². The summed E-state index contributed by atoms with van der Waals surface area (Å²) in [5.74, 6) is -1.50. The summed E-state index contributed by atoms with van der Waals surface area (Å²) in [6, 6.07) is 40.9. The van der Waals surface area contributed by atoms with Crippen LogP contribution in [0.5, 0.6) is 0 Å². The standard InChI is InChI=1S/C73H98ClN3O11/c1-56-40-42-59(43-41-56)73(58-30-18-17-19-31-58,66-37-26-27-38-67(66)74)88-69(80)57(54-60(78)32-20-15-13-11-9-7-5-6-8-10-12-14-16-21-39-68(79)87-72(2,3)4)44-47-76-70(81)75-45-28-48-83-50-52-85-53-51-84-49-29-46-77-71(82)86-55-65-63-35-24-22-33-61(63)62-34-23-25-36-64(62)65/h17-19,22-27,30-31,33-38,40-43,57,65H,5-16,20-21,28-29,32,39,44-55H2,1-4H3,(H,77,82)(H2,75,76,81)/t57-,73?/m1/s1. The number of ether oxygens (including phenoxy) is 6. The third kappa shape index (κ3) is 24.8. The molecule has 0 spiro atoms. The zero-order chi connectivity index (χ0) is 62.7. The number of carbonyl (C=O) groups is 5. The lowest BCUT2D eigenvalue weighted by Crippen LogP contribution is -2.40. The second-order valence-electron chi connectivity index (χ2n) is 24.1. The Bertz CT molecular complexity index is 2810. The number of carbonyl (C=O) groups excluding carboxylic acids is 5. The van der Waals surface area contributed by atoms with E-state index in [4.69, 9.17) is 40.0 Å². The van der Waals surface area contributed by atoms with Crippen LogP contribution in [0.1, 0.15) is 188 Å². The molecule has 0 aliphatic heterocycles. The molecule has 1 aliphatic rings. The molecule has 3 N–H and O–H groups in total. The van der Waals surface area contributed by atoms with Crippen molar-refractivity contribution in [2.75, 3.05) is 65.9 Å². The molecule has 14 nitrogen and oxygen atoms in total. The van der Waals surface area contributed by atoms with Gasteiger partial charge in [-0.2, -0.15) is 0 Å². The number of halogens is 1. The number of Topliss-reactive ketones (excluding diaryl/α,β-unsaturated/α-hetero) is 1. The van der Waals surface area contributed by atoms with Gasteiger partial charge in [0.1, 0.15) is 18.0 Å². The fraction of sp³-hybridized carbons (Fsp3) is 0.521. The molecule has 2 atom stereocenters. The van der Waals surface area contributed by atoms with Gasteiger partial charge in [0.2, 0.25) is 0 Å². The van der Waals surface area contributed by atoms with Gasteiger partial charge in [-0.05, 0) is 88.1 Å². The minimum Gasteiger partial charge on any atom is -0.460 e. The fourth-order valence-corrected chi connectivity index (χ4v) is 11.5. The molecule has 5 aromatic carbocycles. The topological polar surface area (TPSA) is 177 Å². The monoisotopic (exact) mass is 1230 g/mol. The third-order valence-corrected chi connectivity index (χ3v) is 16.1. The molecular formula is C73H98ClN3O11. The van der Waals surface area contributed by atoms with E-state index in [2.05, 4.69) is 40.2 Å². The van der Waals surface area contributed by atoms with Crippen LogP contribution in [0.3, 0.4) is 0 Å². The van der Waals surface area contributed by atoms with Crippen molar-refractivity contribution in [1.29, 1.82) is 0 Å². The molecule has 5 aromatic rings. The van der Waals surface area contributed by atoms with E-state index in [1.165, 1.54) is 67.2 Å². The summed E-state index contributed by atoms with van der Waals surface area (Å²) in [5.41, 5.74) is 5.92. The van der Waals surface area contributed by atoms with E-state index in [1.54, 1.807) is 6.07 Å². The number of hydrogen-bond acceptors (Lipinski definition) is 11. The van der Waals surface area contributed by atoms with Crippen LogP contribution in [-0.2, 0) is 48.4 Å². The van der Waals surface area contributed by atoms with E-state index >= 15 is 0 Å². The predicted octanol–water partition coefficient (Wildman–Crippen LogP) is 15.7. The van der Waals surface area contributed by atoms with Gasteiger partial charge in [0.05, 0.1) is 32.3 Å². The Hall–Kier alpha value is -6.58. The Kier molecular flexibility index (Phi) is 31.6. The maximum atomic E-state index is 14.9. The van der Waals surface area contributed by atoms with Crippen LogP contribution in [0.15, 0.2) is 127 Å².